The molecule has 1 aliphatic rings. The van der Waals surface area contributed by atoms with Gasteiger partial charge in [0.15, 0.2) is 22.3 Å². The summed E-state index contributed by atoms with van der Waals surface area (Å²) in [4.78, 5) is 23.2. The maximum atomic E-state index is 16.9. The summed E-state index contributed by atoms with van der Waals surface area (Å²) in [5.74, 6) is -0.698. The Bertz CT molecular complexity index is 997. The first kappa shape index (κ1) is 30.3. The Kier molecular flexibility index (Phi) is 8.52. The van der Waals surface area contributed by atoms with Gasteiger partial charge in [0.25, 0.3) is 5.69 Å². The lowest BCUT2D eigenvalue weighted by Gasteiger charge is -2.43. The van der Waals surface area contributed by atoms with Gasteiger partial charge in [0.05, 0.1) is 23.2 Å². The van der Waals surface area contributed by atoms with Crippen LogP contribution in [-0.2, 0) is 13.6 Å². The number of rotatable bonds is 8. The summed E-state index contributed by atoms with van der Waals surface area (Å²) < 4.78 is 35.4. The topological polar surface area (TPSA) is 87.9 Å². The van der Waals surface area contributed by atoms with Crippen molar-refractivity contribution in [2.45, 2.75) is 102 Å². The minimum Gasteiger partial charge on any atom is -0.454 e. The zero-order chi connectivity index (χ0) is 27.9. The average Bonchev–Trinajstić information content (AvgIpc) is 2.95. The van der Waals surface area contributed by atoms with Crippen molar-refractivity contribution in [2.75, 3.05) is 6.61 Å². The van der Waals surface area contributed by atoms with Crippen molar-refractivity contribution in [3.05, 3.63) is 52.1 Å². The third-order valence-electron chi connectivity index (χ3n) is 8.12. The summed E-state index contributed by atoms with van der Waals surface area (Å²) in [6.45, 7) is 24.5. The van der Waals surface area contributed by atoms with E-state index in [-0.39, 0.29) is 39.9 Å². The molecule has 0 bridgehead atoms. The Balaban J connectivity index is 2.33. The van der Waals surface area contributed by atoms with Crippen molar-refractivity contribution < 1.29 is 27.7 Å². The van der Waals surface area contributed by atoms with Gasteiger partial charge in [-0.1, -0.05) is 48.1 Å². The molecule has 0 aliphatic heterocycles. The number of hydrogen-bond donors (Lipinski definition) is 0. The van der Waals surface area contributed by atoms with Crippen molar-refractivity contribution >= 4 is 28.3 Å². The number of nitro groups is 1. The number of carbonyl (C=O) groups is 1. The van der Waals surface area contributed by atoms with Crippen LogP contribution in [0.2, 0.25) is 36.3 Å². The van der Waals surface area contributed by atoms with Gasteiger partial charge in [-0.15, -0.1) is 0 Å². The smallest absolute Gasteiger partial charge is 0.338 e. The van der Waals surface area contributed by atoms with E-state index < -0.39 is 45.4 Å². The number of nitro benzene ring substituents is 1. The van der Waals surface area contributed by atoms with E-state index in [1.54, 1.807) is 0 Å². The highest BCUT2D eigenvalue weighted by molar-refractivity contribution is 6.74. The fraction of sp³-hybridized carbons (Fsp3) is 0.654. The molecule has 1 aromatic carbocycles. The molecule has 0 aromatic heterocycles. The van der Waals surface area contributed by atoms with E-state index in [0.29, 0.717) is 0 Å². The molecule has 202 valence electrons. The lowest BCUT2D eigenvalue weighted by atomic mass is 9.99. The molecule has 3 atom stereocenters. The molecule has 1 fully saturated rings. The van der Waals surface area contributed by atoms with Crippen LogP contribution in [0.15, 0.2) is 36.4 Å². The number of alkyl halides is 1. The summed E-state index contributed by atoms with van der Waals surface area (Å²) in [5, 5.41) is 10.6. The van der Waals surface area contributed by atoms with Gasteiger partial charge in [-0.2, -0.15) is 0 Å². The second kappa shape index (κ2) is 10.1. The van der Waals surface area contributed by atoms with Crippen LogP contribution in [0.5, 0.6) is 0 Å². The van der Waals surface area contributed by atoms with E-state index in [9.17, 15) is 14.9 Å². The van der Waals surface area contributed by atoms with Gasteiger partial charge >= 0.3 is 5.97 Å². The SMILES string of the molecule is C=C1[C@H](OC(=O)c2ccc([N+](=O)[O-])cc2)C[C@H](O[Si](C)(C)C(C)(C)C)[C@@]1(F)CO[Si](C)(C)C(C)(C)C. The standard InChI is InChI=1S/C26H42FNO6Si2/c1-18-21(33-23(29)19-12-14-20(15-13-19)28(30)31)16-22(34-36(10,11)25(5,6)7)26(18,27)17-32-35(8,9)24(2,3)4/h12-15,21-22H,1,16-17H2,2-11H3/t21-,22+,26-/m1/s1. The van der Waals surface area contributed by atoms with Gasteiger partial charge in [0.1, 0.15) is 6.10 Å². The number of hydrogen-bond acceptors (Lipinski definition) is 6. The van der Waals surface area contributed by atoms with Crippen LogP contribution in [0.1, 0.15) is 58.3 Å². The maximum Gasteiger partial charge on any atom is 0.338 e. The molecule has 1 saturated carbocycles. The van der Waals surface area contributed by atoms with Gasteiger partial charge < -0.3 is 13.6 Å². The highest BCUT2D eigenvalue weighted by atomic mass is 28.4. The summed E-state index contributed by atoms with van der Waals surface area (Å²) >= 11 is 0. The summed E-state index contributed by atoms with van der Waals surface area (Å²) in [6.07, 6.45) is -1.65. The van der Waals surface area contributed by atoms with Gasteiger partial charge in [0.2, 0.25) is 0 Å². The molecule has 36 heavy (non-hydrogen) atoms. The van der Waals surface area contributed by atoms with E-state index >= 15 is 4.39 Å². The minimum absolute atomic E-state index is 0.110. The molecule has 0 unspecified atom stereocenters. The molecular weight excluding hydrogens is 497 g/mol. The fourth-order valence-corrected chi connectivity index (χ4v) is 5.75. The van der Waals surface area contributed by atoms with E-state index in [0.717, 1.165) is 0 Å². The summed E-state index contributed by atoms with van der Waals surface area (Å²) in [5.41, 5.74) is -1.89. The number of nitrogens with zero attached hydrogens (tertiary/aromatic N) is 1. The van der Waals surface area contributed by atoms with E-state index in [2.05, 4.69) is 74.3 Å². The van der Waals surface area contributed by atoms with Crippen molar-refractivity contribution in [1.82, 2.24) is 0 Å². The van der Waals surface area contributed by atoms with E-state index in [4.69, 9.17) is 13.6 Å². The number of non-ortho nitro benzene ring substituents is 1. The van der Waals surface area contributed by atoms with Gasteiger partial charge in [0, 0.05) is 24.1 Å². The minimum atomic E-state index is -2.38. The molecule has 0 amide bonds. The Morgan fingerprint density at radius 1 is 1.08 bits per heavy atom. The van der Waals surface area contributed by atoms with Crippen LogP contribution in [0, 0.1) is 10.1 Å². The summed E-state index contributed by atoms with van der Waals surface area (Å²) in [6, 6.07) is 5.11. The lowest BCUT2D eigenvalue weighted by Crippen LogP contribution is -2.52. The number of ether oxygens (including phenoxy) is 1. The molecule has 7 nitrogen and oxygen atoms in total. The monoisotopic (exact) mass is 539 g/mol. The lowest BCUT2D eigenvalue weighted by molar-refractivity contribution is -0.384. The predicted octanol–water partition coefficient (Wildman–Crippen LogP) is 7.20. The van der Waals surface area contributed by atoms with Gasteiger partial charge in [-0.05, 0) is 48.4 Å². The Labute approximate surface area is 216 Å². The Morgan fingerprint density at radius 3 is 2.03 bits per heavy atom. The molecule has 0 spiro atoms. The zero-order valence-electron chi connectivity index (χ0n) is 23.4. The second-order valence-electron chi connectivity index (χ2n) is 12.7. The van der Waals surface area contributed by atoms with E-state index in [1.807, 2.05) is 0 Å². The van der Waals surface area contributed by atoms with Crippen molar-refractivity contribution in [1.29, 1.82) is 0 Å². The van der Waals surface area contributed by atoms with Crippen LogP contribution in [-0.4, -0.2) is 52.0 Å². The predicted molar refractivity (Wildman–Crippen MR) is 145 cm³/mol. The highest BCUT2D eigenvalue weighted by Gasteiger charge is 2.57. The first-order chi connectivity index (χ1) is 16.1. The quantitative estimate of drug-likeness (QED) is 0.114. The molecular formula is C26H42FNO6Si2. The first-order valence-corrected chi connectivity index (χ1v) is 18.1. The number of carbonyl (C=O) groups excluding carboxylic acids is 1. The van der Waals surface area contributed by atoms with Crippen molar-refractivity contribution in [3.63, 3.8) is 0 Å². The molecule has 0 radical (unpaired) electrons. The van der Waals surface area contributed by atoms with Crippen molar-refractivity contribution in [3.8, 4) is 0 Å². The molecule has 0 N–H and O–H groups in total. The van der Waals surface area contributed by atoms with Crippen molar-refractivity contribution in [2.24, 2.45) is 0 Å². The largest absolute Gasteiger partial charge is 0.454 e. The Hall–Kier alpha value is -1.89. The average molecular weight is 540 g/mol. The highest BCUT2D eigenvalue weighted by Crippen LogP contribution is 2.48. The molecule has 1 aromatic rings. The number of halogens is 1. The van der Waals surface area contributed by atoms with Crippen LogP contribution in [0.25, 0.3) is 0 Å². The normalized spacial score (nSPS) is 23.6. The molecule has 0 heterocycles. The number of esters is 1. The third-order valence-corrected chi connectivity index (χ3v) is 17.1. The third kappa shape index (κ3) is 6.32. The van der Waals surface area contributed by atoms with Crippen LogP contribution < -0.4 is 0 Å². The molecule has 2 rings (SSSR count). The number of benzene rings is 1. The van der Waals surface area contributed by atoms with Gasteiger partial charge in [-0.3, -0.25) is 10.1 Å². The molecule has 10 heteroatoms. The summed E-state index contributed by atoms with van der Waals surface area (Å²) in [7, 11) is -4.66. The van der Waals surface area contributed by atoms with E-state index in [1.165, 1.54) is 24.3 Å². The first-order valence-electron chi connectivity index (χ1n) is 12.3. The zero-order valence-corrected chi connectivity index (χ0v) is 25.4. The van der Waals surface area contributed by atoms with Crippen LogP contribution in [0.3, 0.4) is 0 Å². The Morgan fingerprint density at radius 2 is 1.58 bits per heavy atom. The van der Waals surface area contributed by atoms with Crippen LogP contribution in [0.4, 0.5) is 10.1 Å². The second-order valence-corrected chi connectivity index (χ2v) is 22.3. The fourth-order valence-electron chi connectivity index (χ4n) is 3.40. The molecule has 1 aliphatic carbocycles. The molecule has 0 saturated heterocycles. The van der Waals surface area contributed by atoms with Crippen LogP contribution >= 0.6 is 0 Å². The van der Waals surface area contributed by atoms with Gasteiger partial charge in [-0.25, -0.2) is 9.18 Å². The maximum absolute atomic E-state index is 16.9.